The molecule has 7 nitrogen and oxygen atoms in total. The van der Waals surface area contributed by atoms with Crippen molar-refractivity contribution in [1.29, 1.82) is 0 Å². The molecule has 0 amide bonds. The lowest BCUT2D eigenvalue weighted by atomic mass is 10.3. The van der Waals surface area contributed by atoms with Crippen molar-refractivity contribution < 1.29 is 18.3 Å². The highest BCUT2D eigenvalue weighted by molar-refractivity contribution is 7.90. The lowest BCUT2D eigenvalue weighted by Gasteiger charge is -2.05. The van der Waals surface area contributed by atoms with E-state index in [9.17, 15) is 13.2 Å². The minimum absolute atomic E-state index is 0.0417. The van der Waals surface area contributed by atoms with E-state index in [2.05, 4.69) is 5.10 Å². The number of hydrogen-bond donors (Lipinski definition) is 2. The Hall–Kier alpha value is -1.41. The summed E-state index contributed by atoms with van der Waals surface area (Å²) in [6.45, 7) is -0.0646. The molecule has 0 radical (unpaired) electrons. The summed E-state index contributed by atoms with van der Waals surface area (Å²) in [5, 5.41) is 12.2. The van der Waals surface area contributed by atoms with Gasteiger partial charge >= 0.3 is 5.97 Å². The number of rotatable bonds is 4. The Kier molecular flexibility index (Phi) is 3.10. The zero-order valence-electron chi connectivity index (χ0n) is 7.99. The third-order valence-corrected chi connectivity index (χ3v) is 2.81. The summed E-state index contributed by atoms with van der Waals surface area (Å²) in [6, 6.07) is -1.10. The third kappa shape index (κ3) is 3.03. The summed E-state index contributed by atoms with van der Waals surface area (Å²) in [6.07, 6.45) is 3.45. The van der Waals surface area contributed by atoms with Gasteiger partial charge in [-0.3, -0.25) is 9.48 Å². The fourth-order valence-corrected chi connectivity index (χ4v) is 1.47. The van der Waals surface area contributed by atoms with Crippen LogP contribution in [0.5, 0.6) is 0 Å². The van der Waals surface area contributed by atoms with Gasteiger partial charge in [0.1, 0.15) is 10.9 Å². The van der Waals surface area contributed by atoms with Crippen molar-refractivity contribution in [3.63, 3.8) is 0 Å². The summed E-state index contributed by atoms with van der Waals surface area (Å²) in [4.78, 5) is 10.5. The Bertz CT molecular complexity index is 464. The highest BCUT2D eigenvalue weighted by Crippen LogP contribution is 2.06. The molecule has 1 unspecified atom stereocenters. The SMILES string of the molecule is CS(=O)(=O)c1cnn(CC(N)C(=O)O)c1. The molecule has 0 saturated carbocycles. The normalized spacial score (nSPS) is 13.7. The average Bonchev–Trinajstić information content (AvgIpc) is 2.51. The van der Waals surface area contributed by atoms with Gasteiger partial charge in [0.15, 0.2) is 9.84 Å². The maximum Gasteiger partial charge on any atom is 0.322 e. The maximum atomic E-state index is 11.1. The molecular formula is C7H11N3O4S. The van der Waals surface area contributed by atoms with Gasteiger partial charge in [-0.15, -0.1) is 0 Å². The van der Waals surface area contributed by atoms with E-state index in [1.165, 1.54) is 10.9 Å². The van der Waals surface area contributed by atoms with Crippen molar-refractivity contribution in [2.45, 2.75) is 17.5 Å². The molecule has 1 heterocycles. The van der Waals surface area contributed by atoms with E-state index in [4.69, 9.17) is 10.8 Å². The van der Waals surface area contributed by atoms with E-state index >= 15 is 0 Å². The van der Waals surface area contributed by atoms with Crippen LogP contribution in [0.25, 0.3) is 0 Å². The zero-order valence-corrected chi connectivity index (χ0v) is 8.81. The van der Waals surface area contributed by atoms with Crippen LogP contribution in [0.3, 0.4) is 0 Å². The number of aromatic nitrogens is 2. The predicted molar refractivity (Wildman–Crippen MR) is 50.9 cm³/mol. The number of carboxylic acid groups (broad SMARTS) is 1. The third-order valence-electron chi connectivity index (χ3n) is 1.74. The smallest absolute Gasteiger partial charge is 0.322 e. The largest absolute Gasteiger partial charge is 0.480 e. The summed E-state index contributed by atoms with van der Waals surface area (Å²) in [7, 11) is -3.31. The van der Waals surface area contributed by atoms with Gasteiger partial charge in [-0.05, 0) is 0 Å². The van der Waals surface area contributed by atoms with E-state index in [-0.39, 0.29) is 11.4 Å². The molecule has 0 saturated heterocycles. The van der Waals surface area contributed by atoms with E-state index in [1.54, 1.807) is 0 Å². The lowest BCUT2D eigenvalue weighted by Crippen LogP contribution is -2.34. The van der Waals surface area contributed by atoms with Gasteiger partial charge in [0, 0.05) is 12.5 Å². The van der Waals surface area contributed by atoms with Crippen molar-refractivity contribution in [3.05, 3.63) is 12.4 Å². The molecule has 1 aromatic rings. The van der Waals surface area contributed by atoms with Gasteiger partial charge in [-0.1, -0.05) is 0 Å². The molecule has 0 aromatic carbocycles. The first-order valence-corrected chi connectivity index (χ1v) is 5.91. The molecule has 3 N–H and O–H groups in total. The topological polar surface area (TPSA) is 115 Å². The van der Waals surface area contributed by atoms with Crippen LogP contribution in [0, 0.1) is 0 Å². The number of sulfone groups is 1. The van der Waals surface area contributed by atoms with Gasteiger partial charge in [0.25, 0.3) is 0 Å². The van der Waals surface area contributed by atoms with E-state index in [1.807, 2.05) is 0 Å². The van der Waals surface area contributed by atoms with Gasteiger partial charge in [-0.2, -0.15) is 5.10 Å². The Morgan fingerprint density at radius 3 is 2.73 bits per heavy atom. The first-order chi connectivity index (χ1) is 6.80. The van der Waals surface area contributed by atoms with Crippen molar-refractivity contribution >= 4 is 15.8 Å². The standard InChI is InChI=1S/C7H11N3O4S/c1-15(13,14)5-2-9-10(3-5)4-6(8)7(11)12/h2-3,6H,4,8H2,1H3,(H,11,12). The number of nitrogens with zero attached hydrogens (tertiary/aromatic N) is 2. The number of aliphatic carboxylic acids is 1. The van der Waals surface area contributed by atoms with E-state index in [0.717, 1.165) is 12.5 Å². The van der Waals surface area contributed by atoms with Crippen LogP contribution < -0.4 is 5.73 Å². The van der Waals surface area contributed by atoms with Crippen molar-refractivity contribution in [3.8, 4) is 0 Å². The number of hydrogen-bond acceptors (Lipinski definition) is 5. The van der Waals surface area contributed by atoms with E-state index < -0.39 is 21.8 Å². The fraction of sp³-hybridized carbons (Fsp3) is 0.429. The lowest BCUT2D eigenvalue weighted by molar-refractivity contribution is -0.138. The van der Waals surface area contributed by atoms with Crippen LogP contribution in [0.1, 0.15) is 0 Å². The predicted octanol–water partition coefficient (Wildman–Crippen LogP) is -1.30. The quantitative estimate of drug-likeness (QED) is 0.667. The van der Waals surface area contributed by atoms with Gasteiger partial charge in [0.05, 0.1) is 12.7 Å². The zero-order chi connectivity index (χ0) is 11.6. The Morgan fingerprint density at radius 2 is 2.33 bits per heavy atom. The molecule has 0 aliphatic heterocycles. The van der Waals surface area contributed by atoms with Crippen molar-refractivity contribution in [1.82, 2.24) is 9.78 Å². The summed E-state index contributed by atoms with van der Waals surface area (Å²) < 4.78 is 23.3. The molecule has 0 aliphatic carbocycles. The Morgan fingerprint density at radius 1 is 1.73 bits per heavy atom. The Labute approximate surface area is 86.4 Å². The van der Waals surface area contributed by atoms with Crippen LogP contribution >= 0.6 is 0 Å². The molecule has 1 atom stereocenters. The van der Waals surface area contributed by atoms with Crippen LogP contribution in [-0.2, 0) is 21.2 Å². The highest BCUT2D eigenvalue weighted by atomic mass is 32.2. The molecule has 8 heteroatoms. The summed E-state index contributed by atoms with van der Waals surface area (Å²) in [5.41, 5.74) is 5.26. The molecule has 0 aliphatic rings. The molecule has 0 spiro atoms. The van der Waals surface area contributed by atoms with Gasteiger partial charge < -0.3 is 10.8 Å². The molecule has 0 bridgehead atoms. The average molecular weight is 233 g/mol. The second-order valence-electron chi connectivity index (χ2n) is 3.11. The maximum absolute atomic E-state index is 11.1. The minimum Gasteiger partial charge on any atom is -0.480 e. The van der Waals surface area contributed by atoms with Crippen LogP contribution in [0.2, 0.25) is 0 Å². The molecule has 84 valence electrons. The fourth-order valence-electron chi connectivity index (χ4n) is 0.916. The number of carboxylic acids is 1. The minimum atomic E-state index is -3.31. The second-order valence-corrected chi connectivity index (χ2v) is 5.13. The molecule has 0 fully saturated rings. The van der Waals surface area contributed by atoms with Crippen LogP contribution in [0.15, 0.2) is 17.3 Å². The number of carbonyl (C=O) groups is 1. The highest BCUT2D eigenvalue weighted by Gasteiger charge is 2.15. The molecule has 1 rings (SSSR count). The van der Waals surface area contributed by atoms with Gasteiger partial charge in [-0.25, -0.2) is 8.42 Å². The van der Waals surface area contributed by atoms with Gasteiger partial charge in [0.2, 0.25) is 0 Å². The summed E-state index contributed by atoms with van der Waals surface area (Å²) in [5.74, 6) is -1.16. The molecular weight excluding hydrogens is 222 g/mol. The molecule has 15 heavy (non-hydrogen) atoms. The van der Waals surface area contributed by atoms with Crippen molar-refractivity contribution in [2.75, 3.05) is 6.26 Å². The summed E-state index contributed by atoms with van der Waals surface area (Å²) >= 11 is 0. The second kappa shape index (κ2) is 3.99. The van der Waals surface area contributed by atoms with E-state index in [0.29, 0.717) is 0 Å². The molecule has 1 aromatic heterocycles. The number of nitrogens with two attached hydrogens (primary N) is 1. The Balaban J connectivity index is 2.82. The first kappa shape index (κ1) is 11.7. The van der Waals surface area contributed by atoms with Crippen LogP contribution in [0.4, 0.5) is 0 Å². The van der Waals surface area contributed by atoms with Crippen LogP contribution in [-0.4, -0.2) is 41.6 Å². The first-order valence-electron chi connectivity index (χ1n) is 4.01. The van der Waals surface area contributed by atoms with Crippen molar-refractivity contribution in [2.24, 2.45) is 5.73 Å². The monoisotopic (exact) mass is 233 g/mol.